The highest BCUT2D eigenvalue weighted by Gasteiger charge is 2.06. The van der Waals surface area contributed by atoms with Crippen LogP contribution in [0.4, 0.5) is 0 Å². The molecule has 0 spiro atoms. The average molecular weight is 261 g/mol. The normalized spacial score (nSPS) is 11.4. The van der Waals surface area contributed by atoms with Crippen LogP contribution in [0.5, 0.6) is 0 Å². The minimum absolute atomic E-state index is 0.400. The number of aromatic nitrogens is 4. The van der Waals surface area contributed by atoms with Crippen molar-refractivity contribution in [2.45, 2.75) is 46.3 Å². The molecule has 2 aromatic rings. The molecule has 0 atom stereocenters. The van der Waals surface area contributed by atoms with Crippen LogP contribution in [0.3, 0.4) is 0 Å². The summed E-state index contributed by atoms with van der Waals surface area (Å²) in [5, 5.41) is 12.3. The van der Waals surface area contributed by atoms with Crippen molar-refractivity contribution in [3.63, 3.8) is 0 Å². The first-order chi connectivity index (χ1) is 9.20. The molecule has 0 aliphatic rings. The molecule has 0 fully saturated rings. The van der Waals surface area contributed by atoms with Gasteiger partial charge in [-0.05, 0) is 38.9 Å². The van der Waals surface area contributed by atoms with Gasteiger partial charge in [0.25, 0.3) is 0 Å². The second-order valence-corrected chi connectivity index (χ2v) is 5.04. The molecule has 2 heterocycles. The Morgan fingerprint density at radius 1 is 1.32 bits per heavy atom. The fourth-order valence-corrected chi connectivity index (χ4v) is 1.95. The molecule has 0 radical (unpaired) electrons. The van der Waals surface area contributed by atoms with Crippen molar-refractivity contribution < 1.29 is 0 Å². The monoisotopic (exact) mass is 261 g/mol. The molecule has 0 unspecified atom stereocenters. The Morgan fingerprint density at radius 2 is 2.16 bits per heavy atom. The summed E-state index contributed by atoms with van der Waals surface area (Å²) in [6.07, 6.45) is 5.02. The van der Waals surface area contributed by atoms with Crippen LogP contribution in [0.15, 0.2) is 24.5 Å². The van der Waals surface area contributed by atoms with Crippen LogP contribution in [-0.2, 0) is 13.1 Å². The first kappa shape index (κ1) is 13.8. The Balaban J connectivity index is 2.00. The molecule has 5 nitrogen and oxygen atoms in total. The summed E-state index contributed by atoms with van der Waals surface area (Å²) in [6, 6.07) is 4.52. The molecule has 19 heavy (non-hydrogen) atoms. The van der Waals surface area contributed by atoms with E-state index in [4.69, 9.17) is 0 Å². The number of rotatable bonds is 7. The molecule has 0 bridgehead atoms. The zero-order valence-electron chi connectivity index (χ0n) is 12.0. The Morgan fingerprint density at radius 3 is 2.84 bits per heavy atom. The maximum Gasteiger partial charge on any atom is 0.0853 e. The quantitative estimate of drug-likeness (QED) is 0.777. The summed E-state index contributed by atoms with van der Waals surface area (Å²) in [7, 11) is 0. The number of hydrogen-bond donors (Lipinski definition) is 1. The zero-order valence-corrected chi connectivity index (χ0v) is 12.0. The van der Waals surface area contributed by atoms with E-state index in [0.717, 1.165) is 31.7 Å². The van der Waals surface area contributed by atoms with Crippen LogP contribution in [0.25, 0.3) is 0 Å². The lowest BCUT2D eigenvalue weighted by Gasteiger charge is -2.07. The van der Waals surface area contributed by atoms with E-state index in [-0.39, 0.29) is 0 Å². The average Bonchev–Trinajstić information content (AvgIpc) is 3.00. The van der Waals surface area contributed by atoms with Crippen molar-refractivity contribution in [2.75, 3.05) is 6.54 Å². The van der Waals surface area contributed by atoms with Gasteiger partial charge in [0.1, 0.15) is 0 Å². The Bertz CT molecular complexity index is 497. The number of hydrogen-bond acceptors (Lipinski definition) is 3. The highest BCUT2D eigenvalue weighted by molar-refractivity contribution is 5.05. The van der Waals surface area contributed by atoms with E-state index in [9.17, 15) is 0 Å². The van der Waals surface area contributed by atoms with E-state index in [1.807, 2.05) is 21.8 Å². The first-order valence-corrected chi connectivity index (χ1v) is 6.96. The van der Waals surface area contributed by atoms with Crippen molar-refractivity contribution in [1.82, 2.24) is 24.9 Å². The van der Waals surface area contributed by atoms with E-state index in [1.165, 1.54) is 5.69 Å². The van der Waals surface area contributed by atoms with Crippen LogP contribution in [-0.4, -0.2) is 26.1 Å². The largest absolute Gasteiger partial charge is 0.311 e. The Labute approximate surface area is 114 Å². The van der Waals surface area contributed by atoms with Gasteiger partial charge in [-0.3, -0.25) is 9.36 Å². The highest BCUT2D eigenvalue weighted by atomic mass is 15.3. The Hall–Kier alpha value is -1.62. The summed E-state index contributed by atoms with van der Waals surface area (Å²) in [6.45, 7) is 9.06. The lowest BCUT2D eigenvalue weighted by atomic mass is 10.3. The number of nitrogens with zero attached hydrogens (tertiary/aromatic N) is 4. The van der Waals surface area contributed by atoms with E-state index in [2.05, 4.69) is 48.4 Å². The summed E-state index contributed by atoms with van der Waals surface area (Å²) in [5.74, 6) is 0. The molecule has 0 saturated carbocycles. The van der Waals surface area contributed by atoms with Crippen LogP contribution in [0, 0.1) is 0 Å². The second kappa shape index (κ2) is 6.52. The molecule has 0 aliphatic heterocycles. The zero-order chi connectivity index (χ0) is 13.7. The van der Waals surface area contributed by atoms with Gasteiger partial charge < -0.3 is 5.32 Å². The van der Waals surface area contributed by atoms with Gasteiger partial charge >= 0.3 is 0 Å². The summed E-state index contributed by atoms with van der Waals surface area (Å²) in [4.78, 5) is 0. The predicted molar refractivity (Wildman–Crippen MR) is 75.9 cm³/mol. The second-order valence-electron chi connectivity index (χ2n) is 5.04. The summed E-state index contributed by atoms with van der Waals surface area (Å²) >= 11 is 0. The van der Waals surface area contributed by atoms with Gasteiger partial charge in [0.05, 0.1) is 17.9 Å². The molecular formula is C14H23N5. The fourth-order valence-electron chi connectivity index (χ4n) is 1.95. The maximum atomic E-state index is 4.56. The molecule has 1 N–H and O–H groups in total. The topological polar surface area (TPSA) is 47.7 Å². The highest BCUT2D eigenvalue weighted by Crippen LogP contribution is 2.07. The maximum absolute atomic E-state index is 4.56. The van der Waals surface area contributed by atoms with Gasteiger partial charge in [-0.2, -0.15) is 10.2 Å². The SMILES string of the molecule is CCCNCc1ccnn1Cc1ccn(C(C)C)n1. The van der Waals surface area contributed by atoms with Crippen LogP contribution in [0.1, 0.15) is 44.6 Å². The smallest absolute Gasteiger partial charge is 0.0853 e. The molecular weight excluding hydrogens is 238 g/mol. The third-order valence-electron chi connectivity index (χ3n) is 3.04. The summed E-state index contributed by atoms with van der Waals surface area (Å²) in [5.41, 5.74) is 2.25. The molecule has 2 aromatic heterocycles. The van der Waals surface area contributed by atoms with Crippen molar-refractivity contribution >= 4 is 0 Å². The molecule has 104 valence electrons. The third kappa shape index (κ3) is 3.67. The Kier molecular flexibility index (Phi) is 4.74. The predicted octanol–water partition coefficient (Wildman–Crippen LogP) is 2.21. The molecule has 5 heteroatoms. The molecule has 2 rings (SSSR count). The van der Waals surface area contributed by atoms with Crippen LogP contribution < -0.4 is 5.32 Å². The van der Waals surface area contributed by atoms with Crippen LogP contribution >= 0.6 is 0 Å². The minimum Gasteiger partial charge on any atom is -0.311 e. The third-order valence-corrected chi connectivity index (χ3v) is 3.04. The van der Waals surface area contributed by atoms with Gasteiger partial charge in [-0.15, -0.1) is 0 Å². The molecule has 0 amide bonds. The van der Waals surface area contributed by atoms with Crippen molar-refractivity contribution in [1.29, 1.82) is 0 Å². The van der Waals surface area contributed by atoms with Crippen molar-refractivity contribution in [3.05, 3.63) is 35.9 Å². The van der Waals surface area contributed by atoms with E-state index < -0.39 is 0 Å². The fraction of sp³-hybridized carbons (Fsp3) is 0.571. The van der Waals surface area contributed by atoms with Crippen molar-refractivity contribution in [3.8, 4) is 0 Å². The van der Waals surface area contributed by atoms with E-state index >= 15 is 0 Å². The van der Waals surface area contributed by atoms with Crippen LogP contribution in [0.2, 0.25) is 0 Å². The molecule has 0 saturated heterocycles. The lowest BCUT2D eigenvalue weighted by molar-refractivity contribution is 0.517. The molecule has 0 aliphatic carbocycles. The number of nitrogens with one attached hydrogen (secondary N) is 1. The first-order valence-electron chi connectivity index (χ1n) is 6.96. The van der Waals surface area contributed by atoms with Gasteiger partial charge in [-0.25, -0.2) is 0 Å². The standard InChI is InChI=1S/C14H23N5/c1-4-7-15-10-14-5-8-16-19(14)11-13-6-9-18(17-13)12(2)3/h5-6,8-9,12,15H,4,7,10-11H2,1-3H3. The summed E-state index contributed by atoms with van der Waals surface area (Å²) < 4.78 is 3.99. The minimum atomic E-state index is 0.400. The molecule has 0 aromatic carbocycles. The lowest BCUT2D eigenvalue weighted by Crippen LogP contribution is -2.18. The van der Waals surface area contributed by atoms with E-state index in [1.54, 1.807) is 0 Å². The van der Waals surface area contributed by atoms with Gasteiger partial charge in [0, 0.05) is 25.0 Å². The van der Waals surface area contributed by atoms with Gasteiger partial charge in [0.2, 0.25) is 0 Å². The van der Waals surface area contributed by atoms with Gasteiger partial charge in [-0.1, -0.05) is 6.92 Å². The van der Waals surface area contributed by atoms with E-state index in [0.29, 0.717) is 6.04 Å². The van der Waals surface area contributed by atoms with Gasteiger partial charge in [0.15, 0.2) is 0 Å². The van der Waals surface area contributed by atoms with Crippen molar-refractivity contribution in [2.24, 2.45) is 0 Å².